The van der Waals surface area contributed by atoms with Crippen LogP contribution in [0.1, 0.15) is 22.5 Å². The summed E-state index contributed by atoms with van der Waals surface area (Å²) in [6, 6.07) is 23.1. The monoisotopic (exact) mass is 477 g/mol. The second kappa shape index (κ2) is 10.6. The highest BCUT2D eigenvalue weighted by molar-refractivity contribution is 7.98. The summed E-state index contributed by atoms with van der Waals surface area (Å²) in [5.74, 6) is 1.42. The fourth-order valence-corrected chi connectivity index (χ4v) is 4.51. The number of aryl methyl sites for hydroxylation is 2. The quantitative estimate of drug-likeness (QED) is 0.313. The number of anilines is 1. The molecule has 0 radical (unpaired) electrons. The molecule has 0 atom stereocenters. The lowest BCUT2D eigenvalue weighted by Crippen LogP contribution is -2.29. The number of amides is 2. The van der Waals surface area contributed by atoms with Crippen molar-refractivity contribution in [2.75, 3.05) is 5.32 Å². The van der Waals surface area contributed by atoms with Gasteiger partial charge in [-0.2, -0.15) is 0 Å². The van der Waals surface area contributed by atoms with Gasteiger partial charge in [0, 0.05) is 22.2 Å². The molecule has 0 spiro atoms. The molecule has 0 fully saturated rings. The number of hydrogen-bond donors (Lipinski definition) is 2. The fourth-order valence-electron chi connectivity index (χ4n) is 3.28. The van der Waals surface area contributed by atoms with Gasteiger partial charge in [-0.25, -0.2) is 4.79 Å². The molecule has 0 aliphatic heterocycles. The molecule has 0 unspecified atom stereocenters. The summed E-state index contributed by atoms with van der Waals surface area (Å²) >= 11 is 7.61. The van der Waals surface area contributed by atoms with Crippen LogP contribution >= 0.6 is 23.4 Å². The molecule has 0 aliphatic rings. The Morgan fingerprint density at radius 1 is 1.00 bits per heavy atom. The maximum atomic E-state index is 12.4. The lowest BCUT2D eigenvalue weighted by atomic mass is 10.1. The maximum absolute atomic E-state index is 12.4. The number of benzene rings is 3. The van der Waals surface area contributed by atoms with E-state index < -0.39 is 0 Å². The van der Waals surface area contributed by atoms with E-state index in [2.05, 4.69) is 39.9 Å². The molecule has 1 heterocycles. The number of rotatable bonds is 7. The summed E-state index contributed by atoms with van der Waals surface area (Å²) in [5, 5.41) is 15.8. The molecule has 6 nitrogen and oxygen atoms in total. The van der Waals surface area contributed by atoms with Crippen LogP contribution in [0.25, 0.3) is 5.69 Å². The number of urea groups is 1. The van der Waals surface area contributed by atoms with E-state index >= 15 is 0 Å². The zero-order chi connectivity index (χ0) is 23.2. The van der Waals surface area contributed by atoms with E-state index in [0.29, 0.717) is 16.5 Å². The van der Waals surface area contributed by atoms with Crippen molar-refractivity contribution >= 4 is 35.1 Å². The predicted octanol–water partition coefficient (Wildman–Crippen LogP) is 6.15. The van der Waals surface area contributed by atoms with Crippen LogP contribution in [0.2, 0.25) is 5.02 Å². The van der Waals surface area contributed by atoms with E-state index in [1.165, 1.54) is 16.7 Å². The van der Waals surface area contributed by atoms with Crippen LogP contribution in [0.5, 0.6) is 0 Å². The molecule has 0 bridgehead atoms. The van der Waals surface area contributed by atoms with E-state index in [0.717, 1.165) is 16.6 Å². The number of aromatic nitrogens is 3. The minimum absolute atomic E-state index is 0.220. The number of nitrogens with one attached hydrogen (secondary N) is 2. The molecule has 3 aromatic carbocycles. The largest absolute Gasteiger partial charge is 0.331 e. The SMILES string of the molecule is Cc1ccc(-n2c(CNC(=O)Nc3cccc(Cl)c3)nnc2SCc2ccccc2C)cc1. The zero-order valence-electron chi connectivity index (χ0n) is 18.4. The van der Waals surface area contributed by atoms with Gasteiger partial charge in [-0.3, -0.25) is 4.57 Å². The van der Waals surface area contributed by atoms with Gasteiger partial charge in [0.1, 0.15) is 0 Å². The van der Waals surface area contributed by atoms with E-state index in [1.807, 2.05) is 47.9 Å². The Morgan fingerprint density at radius 2 is 1.79 bits per heavy atom. The molecule has 0 saturated heterocycles. The van der Waals surface area contributed by atoms with Gasteiger partial charge >= 0.3 is 6.03 Å². The average Bonchev–Trinajstić information content (AvgIpc) is 3.20. The predicted molar refractivity (Wildman–Crippen MR) is 134 cm³/mol. The average molecular weight is 478 g/mol. The second-order valence-electron chi connectivity index (χ2n) is 7.60. The lowest BCUT2D eigenvalue weighted by molar-refractivity contribution is 0.251. The molecule has 0 aliphatic carbocycles. The van der Waals surface area contributed by atoms with Gasteiger partial charge in [0.15, 0.2) is 11.0 Å². The zero-order valence-corrected chi connectivity index (χ0v) is 20.0. The number of carbonyl (C=O) groups is 1. The molecule has 33 heavy (non-hydrogen) atoms. The van der Waals surface area contributed by atoms with Gasteiger partial charge in [0.25, 0.3) is 0 Å². The topological polar surface area (TPSA) is 71.8 Å². The van der Waals surface area contributed by atoms with Crippen molar-refractivity contribution in [3.8, 4) is 5.69 Å². The highest BCUT2D eigenvalue weighted by Crippen LogP contribution is 2.26. The van der Waals surface area contributed by atoms with Crippen molar-refractivity contribution in [3.05, 3.63) is 100 Å². The minimum atomic E-state index is -0.343. The molecule has 0 saturated carbocycles. The summed E-state index contributed by atoms with van der Waals surface area (Å²) in [4.78, 5) is 12.4. The lowest BCUT2D eigenvalue weighted by Gasteiger charge is -2.12. The van der Waals surface area contributed by atoms with Gasteiger partial charge in [-0.15, -0.1) is 10.2 Å². The van der Waals surface area contributed by atoms with E-state index in [-0.39, 0.29) is 12.6 Å². The van der Waals surface area contributed by atoms with Crippen molar-refractivity contribution in [1.82, 2.24) is 20.1 Å². The molecule has 168 valence electrons. The van der Waals surface area contributed by atoms with Crippen LogP contribution < -0.4 is 10.6 Å². The van der Waals surface area contributed by atoms with Crippen LogP contribution in [0.4, 0.5) is 10.5 Å². The first kappa shape index (κ1) is 22.9. The van der Waals surface area contributed by atoms with Crippen molar-refractivity contribution in [2.24, 2.45) is 0 Å². The molecule has 2 amide bonds. The molecule has 8 heteroatoms. The third-order valence-corrected chi connectivity index (χ3v) is 6.31. The van der Waals surface area contributed by atoms with E-state index in [1.54, 1.807) is 36.0 Å². The van der Waals surface area contributed by atoms with E-state index in [4.69, 9.17) is 11.6 Å². The van der Waals surface area contributed by atoms with Gasteiger partial charge in [-0.05, 0) is 55.3 Å². The van der Waals surface area contributed by atoms with Crippen molar-refractivity contribution in [2.45, 2.75) is 31.3 Å². The van der Waals surface area contributed by atoms with Crippen LogP contribution in [0.15, 0.2) is 78.0 Å². The van der Waals surface area contributed by atoms with Crippen LogP contribution in [0, 0.1) is 13.8 Å². The fraction of sp³-hybridized carbons (Fsp3) is 0.160. The number of carbonyl (C=O) groups excluding carboxylic acids is 1. The molecular formula is C25H24ClN5OS. The molecule has 1 aromatic heterocycles. The van der Waals surface area contributed by atoms with Crippen molar-refractivity contribution in [1.29, 1.82) is 0 Å². The van der Waals surface area contributed by atoms with Crippen LogP contribution in [-0.2, 0) is 12.3 Å². The summed E-state index contributed by atoms with van der Waals surface area (Å²) in [5.41, 5.74) is 5.23. The first-order chi connectivity index (χ1) is 16.0. The van der Waals surface area contributed by atoms with Gasteiger partial charge < -0.3 is 10.6 Å². The summed E-state index contributed by atoms with van der Waals surface area (Å²) in [6.45, 7) is 4.37. The summed E-state index contributed by atoms with van der Waals surface area (Å²) in [6.07, 6.45) is 0. The molecular weight excluding hydrogens is 454 g/mol. The van der Waals surface area contributed by atoms with Gasteiger partial charge in [-0.1, -0.05) is 71.4 Å². The van der Waals surface area contributed by atoms with Crippen LogP contribution in [0.3, 0.4) is 0 Å². The first-order valence-electron chi connectivity index (χ1n) is 10.5. The molecule has 4 rings (SSSR count). The third kappa shape index (κ3) is 5.94. The highest BCUT2D eigenvalue weighted by atomic mass is 35.5. The maximum Gasteiger partial charge on any atom is 0.319 e. The van der Waals surface area contributed by atoms with Crippen molar-refractivity contribution < 1.29 is 4.79 Å². The Balaban J connectivity index is 1.52. The Labute approximate surface area is 202 Å². The standard InChI is InChI=1S/C25H24ClN5OS/c1-17-10-12-22(13-11-17)31-23(15-27-24(32)28-21-9-5-8-20(26)14-21)29-30-25(31)33-16-19-7-4-3-6-18(19)2/h3-14H,15-16H2,1-2H3,(H2,27,28,32). The Bertz CT molecular complexity index is 1260. The highest BCUT2D eigenvalue weighted by Gasteiger charge is 2.16. The van der Waals surface area contributed by atoms with Gasteiger partial charge in [0.05, 0.1) is 6.54 Å². The number of halogens is 1. The number of hydrogen-bond acceptors (Lipinski definition) is 4. The molecule has 2 N–H and O–H groups in total. The molecule has 4 aromatic rings. The summed E-state index contributed by atoms with van der Waals surface area (Å²) < 4.78 is 1.99. The Hall–Kier alpha value is -3.29. The smallest absolute Gasteiger partial charge is 0.319 e. The summed E-state index contributed by atoms with van der Waals surface area (Å²) in [7, 11) is 0. The third-order valence-electron chi connectivity index (χ3n) is 5.10. The van der Waals surface area contributed by atoms with E-state index in [9.17, 15) is 4.79 Å². The first-order valence-corrected chi connectivity index (χ1v) is 11.8. The second-order valence-corrected chi connectivity index (χ2v) is 8.98. The van der Waals surface area contributed by atoms with Gasteiger partial charge in [0.2, 0.25) is 0 Å². The Kier molecular flexibility index (Phi) is 7.32. The number of nitrogens with zero attached hydrogens (tertiary/aromatic N) is 3. The normalized spacial score (nSPS) is 10.8. The minimum Gasteiger partial charge on any atom is -0.331 e. The van der Waals surface area contributed by atoms with Crippen molar-refractivity contribution in [3.63, 3.8) is 0 Å². The Morgan fingerprint density at radius 3 is 2.55 bits per heavy atom. The van der Waals surface area contributed by atoms with Crippen LogP contribution in [-0.4, -0.2) is 20.8 Å². The number of thioether (sulfide) groups is 1.